The second-order valence-corrected chi connectivity index (χ2v) is 11.3. The van der Waals surface area contributed by atoms with Gasteiger partial charge in [0.15, 0.2) is 17.0 Å². The van der Waals surface area contributed by atoms with Crippen LogP contribution in [0.4, 0.5) is 5.69 Å². The maximum Gasteiger partial charge on any atom is 0.358 e. The van der Waals surface area contributed by atoms with Gasteiger partial charge in [-0.1, -0.05) is 39.6 Å². The highest BCUT2D eigenvalue weighted by Crippen LogP contribution is 2.47. The zero-order valence-corrected chi connectivity index (χ0v) is 22.1. The number of halogens is 2. The summed E-state index contributed by atoms with van der Waals surface area (Å²) < 4.78 is 17.1. The van der Waals surface area contributed by atoms with Gasteiger partial charge in [0.1, 0.15) is 17.4 Å². The Balaban J connectivity index is 1.13. The van der Waals surface area contributed by atoms with Crippen LogP contribution >= 0.6 is 23.2 Å². The number of carboxylic acids is 1. The molecule has 0 unspecified atom stereocenters. The Labute approximate surface area is 232 Å². The highest BCUT2D eigenvalue weighted by atomic mass is 35.5. The van der Waals surface area contributed by atoms with Gasteiger partial charge in [0, 0.05) is 48.2 Å². The molecular formula is C28H23Cl2N3O6. The molecule has 1 aliphatic carbocycles. The van der Waals surface area contributed by atoms with Crippen LogP contribution in [0.1, 0.15) is 71.0 Å². The molecule has 2 saturated heterocycles. The van der Waals surface area contributed by atoms with E-state index in [1.165, 1.54) is 0 Å². The molecule has 39 heavy (non-hydrogen) atoms. The van der Waals surface area contributed by atoms with Crippen molar-refractivity contribution in [3.63, 3.8) is 0 Å². The van der Waals surface area contributed by atoms with Gasteiger partial charge in [-0.2, -0.15) is 0 Å². The van der Waals surface area contributed by atoms with Crippen LogP contribution in [0, 0.1) is 0 Å². The number of aromatic carboxylic acids is 1. The number of piperidine rings is 1. The van der Waals surface area contributed by atoms with E-state index in [1.807, 2.05) is 12.1 Å². The van der Waals surface area contributed by atoms with Gasteiger partial charge in [-0.05, 0) is 49.9 Å². The molecule has 7 rings (SSSR count). The third-order valence-electron chi connectivity index (χ3n) is 7.99. The number of carbonyl (C=O) groups is 2. The van der Waals surface area contributed by atoms with Crippen molar-refractivity contribution in [2.45, 2.75) is 62.6 Å². The van der Waals surface area contributed by atoms with Crippen LogP contribution in [0.2, 0.25) is 10.0 Å². The maximum absolute atomic E-state index is 13.6. The van der Waals surface area contributed by atoms with Crippen LogP contribution in [0.5, 0.6) is 0 Å². The van der Waals surface area contributed by atoms with Crippen LogP contribution in [0.15, 0.2) is 45.4 Å². The summed E-state index contributed by atoms with van der Waals surface area (Å²) in [5, 5.41) is 18.5. The van der Waals surface area contributed by atoms with Gasteiger partial charge in [0.2, 0.25) is 0 Å². The molecule has 3 fully saturated rings. The van der Waals surface area contributed by atoms with E-state index in [1.54, 1.807) is 24.3 Å². The largest absolute Gasteiger partial charge is 0.476 e. The Morgan fingerprint density at radius 2 is 1.69 bits per heavy atom. The van der Waals surface area contributed by atoms with Gasteiger partial charge in [-0.15, -0.1) is 0 Å². The third-order valence-corrected chi connectivity index (χ3v) is 8.62. The lowest BCUT2D eigenvalue weighted by Gasteiger charge is -2.40. The molecule has 11 heteroatoms. The Bertz CT molecular complexity index is 1590. The van der Waals surface area contributed by atoms with Crippen LogP contribution in [-0.2, 0) is 4.74 Å². The number of hydrogen-bond acceptors (Lipinski definition) is 8. The number of aromatic nitrogens is 2. The minimum absolute atomic E-state index is 0.0955. The standard InChI is InChI=1S/C28H23Cl2N3O6/c29-19-2-1-3-20(30)22(19)25-23(26(39-32-25)13-4-5-13)28(36)37-17-10-14-6-7-15(11-17)33(14)16-8-9-18-21(12-16)38-31-24(18)27(34)35/h1-3,8-9,12-15,17H,4-7,10-11H2,(H,34,35)/t14-,15+,17-. The fourth-order valence-corrected chi connectivity index (χ4v) is 6.69. The molecule has 0 spiro atoms. The van der Waals surface area contributed by atoms with Crippen molar-refractivity contribution < 1.29 is 28.5 Å². The fourth-order valence-electron chi connectivity index (χ4n) is 6.12. The SMILES string of the molecule is O=C(O[C@@H]1C[C@H]2CC[C@@H](C1)N2c1ccc2c(C(=O)O)noc2c1)c1c(-c2c(Cl)cccc2Cl)noc1C1CC1. The minimum Gasteiger partial charge on any atom is -0.476 e. The summed E-state index contributed by atoms with van der Waals surface area (Å²) in [5.41, 5.74) is 2.38. The number of carbonyl (C=O) groups excluding carboxylic acids is 1. The predicted octanol–water partition coefficient (Wildman–Crippen LogP) is 6.72. The number of rotatable bonds is 6. The summed E-state index contributed by atoms with van der Waals surface area (Å²) in [6, 6.07) is 11.0. The average Bonchev–Trinajstić information content (AvgIpc) is 3.40. The molecule has 2 bridgehead atoms. The normalized spacial score (nSPS) is 22.4. The molecule has 4 heterocycles. The maximum atomic E-state index is 13.6. The van der Waals surface area contributed by atoms with E-state index in [4.69, 9.17) is 37.0 Å². The molecule has 1 N–H and O–H groups in total. The first-order valence-electron chi connectivity index (χ1n) is 12.9. The molecule has 3 aliphatic rings. The topological polar surface area (TPSA) is 119 Å². The summed E-state index contributed by atoms with van der Waals surface area (Å²) in [6.45, 7) is 0. The number of fused-ring (bicyclic) bond motifs is 3. The van der Waals surface area contributed by atoms with Gasteiger partial charge < -0.3 is 23.8 Å². The van der Waals surface area contributed by atoms with Gasteiger partial charge >= 0.3 is 11.9 Å². The Morgan fingerprint density at radius 1 is 0.974 bits per heavy atom. The molecule has 2 aromatic heterocycles. The number of hydrogen-bond donors (Lipinski definition) is 1. The van der Waals surface area contributed by atoms with Crippen molar-refractivity contribution in [2.24, 2.45) is 0 Å². The van der Waals surface area contributed by atoms with E-state index in [9.17, 15) is 14.7 Å². The van der Waals surface area contributed by atoms with E-state index >= 15 is 0 Å². The van der Waals surface area contributed by atoms with Crippen molar-refractivity contribution >= 4 is 51.8 Å². The molecule has 2 aliphatic heterocycles. The number of benzene rings is 2. The molecule has 1 saturated carbocycles. The quantitative estimate of drug-likeness (QED) is 0.253. The Kier molecular flexibility index (Phi) is 5.82. The molecule has 200 valence electrons. The third kappa shape index (κ3) is 4.15. The van der Waals surface area contributed by atoms with E-state index < -0.39 is 11.9 Å². The zero-order chi connectivity index (χ0) is 26.8. The first-order chi connectivity index (χ1) is 18.9. The lowest BCUT2D eigenvalue weighted by Crippen LogP contribution is -2.46. The summed E-state index contributed by atoms with van der Waals surface area (Å²) in [4.78, 5) is 27.4. The van der Waals surface area contributed by atoms with Crippen molar-refractivity contribution in [3.05, 3.63) is 63.5 Å². The van der Waals surface area contributed by atoms with E-state index in [0.717, 1.165) is 31.4 Å². The molecule has 3 atom stereocenters. The molecule has 2 aromatic carbocycles. The highest BCUT2D eigenvalue weighted by Gasteiger charge is 2.44. The average molecular weight is 568 g/mol. The lowest BCUT2D eigenvalue weighted by molar-refractivity contribution is 0.0202. The van der Waals surface area contributed by atoms with Crippen LogP contribution in [0.25, 0.3) is 22.2 Å². The molecule has 9 nitrogen and oxygen atoms in total. The van der Waals surface area contributed by atoms with E-state index in [2.05, 4.69) is 15.2 Å². The number of carboxylic acid groups (broad SMARTS) is 1. The number of ether oxygens (including phenoxy) is 1. The fraction of sp³-hybridized carbons (Fsp3) is 0.357. The van der Waals surface area contributed by atoms with Crippen LogP contribution in [0.3, 0.4) is 0 Å². The number of anilines is 1. The molecule has 0 amide bonds. The van der Waals surface area contributed by atoms with Crippen molar-refractivity contribution in [3.8, 4) is 11.3 Å². The summed E-state index contributed by atoms with van der Waals surface area (Å²) in [5.74, 6) is -0.915. The second-order valence-electron chi connectivity index (χ2n) is 10.4. The molecular weight excluding hydrogens is 545 g/mol. The predicted molar refractivity (Wildman–Crippen MR) is 143 cm³/mol. The minimum atomic E-state index is -1.12. The lowest BCUT2D eigenvalue weighted by atomic mass is 9.98. The van der Waals surface area contributed by atoms with Gasteiger partial charge in [0.05, 0.1) is 15.4 Å². The molecule has 4 aromatic rings. The highest BCUT2D eigenvalue weighted by molar-refractivity contribution is 6.39. The summed E-state index contributed by atoms with van der Waals surface area (Å²) in [7, 11) is 0. The monoisotopic (exact) mass is 567 g/mol. The number of esters is 1. The number of nitrogens with zero attached hydrogens (tertiary/aromatic N) is 3. The van der Waals surface area contributed by atoms with Gasteiger partial charge in [0.25, 0.3) is 0 Å². The first-order valence-corrected chi connectivity index (χ1v) is 13.7. The van der Waals surface area contributed by atoms with Gasteiger partial charge in [-0.25, -0.2) is 9.59 Å². The smallest absolute Gasteiger partial charge is 0.358 e. The van der Waals surface area contributed by atoms with Crippen molar-refractivity contribution in [1.29, 1.82) is 0 Å². The Morgan fingerprint density at radius 3 is 2.36 bits per heavy atom. The van der Waals surface area contributed by atoms with Crippen molar-refractivity contribution in [2.75, 3.05) is 4.90 Å². The molecule has 0 radical (unpaired) electrons. The second kappa shape index (κ2) is 9.27. The van der Waals surface area contributed by atoms with Crippen molar-refractivity contribution in [1.82, 2.24) is 10.3 Å². The van der Waals surface area contributed by atoms with Crippen LogP contribution < -0.4 is 4.90 Å². The first kappa shape index (κ1) is 24.5. The zero-order valence-electron chi connectivity index (χ0n) is 20.6. The van der Waals surface area contributed by atoms with E-state index in [0.29, 0.717) is 56.4 Å². The van der Waals surface area contributed by atoms with Crippen LogP contribution in [-0.4, -0.2) is 45.5 Å². The Hall–Kier alpha value is -3.56. The summed E-state index contributed by atoms with van der Waals surface area (Å²) >= 11 is 12.9. The summed E-state index contributed by atoms with van der Waals surface area (Å²) in [6.07, 6.45) is 4.86. The van der Waals surface area contributed by atoms with E-state index in [-0.39, 0.29) is 29.8 Å². The van der Waals surface area contributed by atoms with Gasteiger partial charge in [-0.3, -0.25) is 0 Å².